The van der Waals surface area contributed by atoms with Crippen molar-refractivity contribution in [2.45, 2.75) is 31.5 Å². The average molecular weight is 489 g/mol. The van der Waals surface area contributed by atoms with E-state index >= 15 is 0 Å². The minimum atomic E-state index is -0.525. The molecule has 1 saturated carbocycles. The number of esters is 1. The van der Waals surface area contributed by atoms with Crippen molar-refractivity contribution in [3.8, 4) is 23.0 Å². The molecule has 0 radical (unpaired) electrons. The number of ketones is 1. The highest BCUT2D eigenvalue weighted by Gasteiger charge is 2.42. The molecule has 180 valence electrons. The van der Waals surface area contributed by atoms with E-state index in [4.69, 9.17) is 40.0 Å². The zero-order valence-electron chi connectivity index (χ0n) is 19.0. The Balaban J connectivity index is 1.42. The molecule has 2 aromatic carbocycles. The molecule has 0 N–H and O–H groups in total. The average Bonchev–Trinajstić information content (AvgIpc) is 2.85. The zero-order chi connectivity index (χ0) is 24.2. The summed E-state index contributed by atoms with van der Waals surface area (Å²) in [7, 11) is 4.44. The van der Waals surface area contributed by atoms with Crippen LogP contribution in [0, 0.1) is 5.92 Å². The van der Waals surface area contributed by atoms with Crippen LogP contribution in [0.4, 0.5) is 0 Å². The van der Waals surface area contributed by atoms with Gasteiger partial charge in [0.1, 0.15) is 24.2 Å². The molecule has 4 rings (SSSR count). The van der Waals surface area contributed by atoms with Crippen LogP contribution in [-0.2, 0) is 14.3 Å². The predicted molar refractivity (Wildman–Crippen MR) is 123 cm³/mol. The molecule has 1 fully saturated rings. The summed E-state index contributed by atoms with van der Waals surface area (Å²) in [4.78, 5) is 25.8. The standard InChI is InChI=1S/C25H25ClO8/c1-29-20-10-14(11-21(30-2)24(20)31-3)25(28)33-15-8-9-16-19(12-15)32-13-22(23(16)27)34-18-7-5-4-6-17(18)26/h4-7,10-11,13,15-16,19H,8-9,12H2,1-3H3. The molecule has 3 unspecified atom stereocenters. The van der Waals surface area contributed by atoms with Crippen molar-refractivity contribution in [1.29, 1.82) is 0 Å². The summed E-state index contributed by atoms with van der Waals surface area (Å²) >= 11 is 6.13. The number of allylic oxidation sites excluding steroid dienone is 1. The Hall–Kier alpha value is -3.39. The first-order chi connectivity index (χ1) is 16.4. The fourth-order valence-electron chi connectivity index (χ4n) is 4.18. The lowest BCUT2D eigenvalue weighted by molar-refractivity contribution is -0.132. The second-order valence-electron chi connectivity index (χ2n) is 7.91. The number of carbonyl (C=O) groups is 2. The lowest BCUT2D eigenvalue weighted by Gasteiger charge is -2.36. The summed E-state index contributed by atoms with van der Waals surface area (Å²) in [6, 6.07) is 9.99. The molecule has 0 aromatic heterocycles. The summed E-state index contributed by atoms with van der Waals surface area (Å²) in [5.74, 6) is 0.552. The van der Waals surface area contributed by atoms with Crippen molar-refractivity contribution in [3.63, 3.8) is 0 Å². The van der Waals surface area contributed by atoms with Gasteiger partial charge in [-0.05, 0) is 37.1 Å². The second kappa shape index (κ2) is 10.3. The molecule has 1 heterocycles. The molecule has 0 amide bonds. The van der Waals surface area contributed by atoms with Crippen LogP contribution in [0.1, 0.15) is 29.6 Å². The molecule has 2 aromatic rings. The fraction of sp³-hybridized carbons (Fsp3) is 0.360. The van der Waals surface area contributed by atoms with Crippen LogP contribution in [0.3, 0.4) is 0 Å². The quantitative estimate of drug-likeness (QED) is 0.523. The number of halogens is 1. The first-order valence-corrected chi connectivity index (χ1v) is 11.2. The summed E-state index contributed by atoms with van der Waals surface area (Å²) < 4.78 is 33.1. The zero-order valence-corrected chi connectivity index (χ0v) is 19.8. The van der Waals surface area contributed by atoms with Gasteiger partial charge >= 0.3 is 5.97 Å². The molecule has 0 saturated heterocycles. The number of ether oxygens (including phenoxy) is 6. The highest BCUT2D eigenvalue weighted by Crippen LogP contribution is 2.39. The van der Waals surface area contributed by atoms with Gasteiger partial charge in [0.05, 0.1) is 37.8 Å². The topological polar surface area (TPSA) is 89.5 Å². The SMILES string of the molecule is COc1cc(C(=O)OC2CCC3C(=O)C(Oc4ccccc4Cl)=COC3C2)cc(OC)c1OC. The van der Waals surface area contributed by atoms with Gasteiger partial charge in [-0.1, -0.05) is 23.7 Å². The molecule has 1 aliphatic heterocycles. The number of hydrogen-bond donors (Lipinski definition) is 0. The Bertz CT molecular complexity index is 1090. The van der Waals surface area contributed by atoms with Crippen LogP contribution in [0.15, 0.2) is 48.4 Å². The molecule has 0 spiro atoms. The van der Waals surface area contributed by atoms with Crippen molar-refractivity contribution in [2.24, 2.45) is 5.92 Å². The molecule has 9 heteroatoms. The molecule has 3 atom stereocenters. The minimum Gasteiger partial charge on any atom is -0.493 e. The van der Waals surface area contributed by atoms with Gasteiger partial charge in [0.25, 0.3) is 0 Å². The fourth-order valence-corrected chi connectivity index (χ4v) is 4.35. The predicted octanol–water partition coefficient (Wildman–Crippen LogP) is 4.58. The maximum Gasteiger partial charge on any atom is 0.338 e. The summed E-state index contributed by atoms with van der Waals surface area (Å²) in [5.41, 5.74) is 0.271. The summed E-state index contributed by atoms with van der Waals surface area (Å²) in [6.45, 7) is 0. The van der Waals surface area contributed by atoms with E-state index in [0.717, 1.165) is 0 Å². The molecule has 0 bridgehead atoms. The van der Waals surface area contributed by atoms with E-state index < -0.39 is 18.2 Å². The van der Waals surface area contributed by atoms with E-state index in [-0.39, 0.29) is 23.0 Å². The van der Waals surface area contributed by atoms with Gasteiger partial charge < -0.3 is 28.4 Å². The monoisotopic (exact) mass is 488 g/mol. The number of Topliss-reactive ketones (excluding diaryl/α,β-unsaturated/α-hetero) is 1. The maximum absolute atomic E-state index is 13.0. The summed E-state index contributed by atoms with van der Waals surface area (Å²) in [6.07, 6.45) is 1.92. The van der Waals surface area contributed by atoms with Crippen molar-refractivity contribution in [2.75, 3.05) is 21.3 Å². The van der Waals surface area contributed by atoms with Crippen molar-refractivity contribution >= 4 is 23.4 Å². The molecular formula is C25H25ClO8. The van der Waals surface area contributed by atoms with Crippen LogP contribution in [0.5, 0.6) is 23.0 Å². The van der Waals surface area contributed by atoms with Gasteiger partial charge in [0, 0.05) is 6.42 Å². The van der Waals surface area contributed by atoms with Gasteiger partial charge in [-0.15, -0.1) is 0 Å². The third kappa shape index (κ3) is 4.77. The van der Waals surface area contributed by atoms with Crippen molar-refractivity contribution < 1.29 is 38.0 Å². The Kier molecular flexibility index (Phi) is 7.17. The van der Waals surface area contributed by atoms with Gasteiger partial charge in [0.2, 0.25) is 17.3 Å². The van der Waals surface area contributed by atoms with Gasteiger partial charge in [-0.3, -0.25) is 4.79 Å². The smallest absolute Gasteiger partial charge is 0.338 e. The second-order valence-corrected chi connectivity index (χ2v) is 8.32. The lowest BCUT2D eigenvalue weighted by Crippen LogP contribution is -2.43. The van der Waals surface area contributed by atoms with Crippen molar-refractivity contribution in [3.05, 3.63) is 59.0 Å². The van der Waals surface area contributed by atoms with E-state index in [1.165, 1.54) is 39.7 Å². The molecule has 1 aliphatic carbocycles. The normalized spacial score (nSPS) is 21.5. The maximum atomic E-state index is 13.0. The summed E-state index contributed by atoms with van der Waals surface area (Å²) in [5, 5.41) is 0.403. The number of fused-ring (bicyclic) bond motifs is 1. The largest absolute Gasteiger partial charge is 0.493 e. The Labute approximate surface area is 202 Å². The molecule has 34 heavy (non-hydrogen) atoms. The lowest BCUT2D eigenvalue weighted by atomic mass is 9.80. The highest BCUT2D eigenvalue weighted by molar-refractivity contribution is 6.32. The van der Waals surface area contributed by atoms with E-state index in [2.05, 4.69) is 0 Å². The first kappa shape index (κ1) is 23.8. The number of benzene rings is 2. The van der Waals surface area contributed by atoms with Gasteiger partial charge in [0.15, 0.2) is 11.5 Å². The van der Waals surface area contributed by atoms with Crippen LogP contribution in [-0.4, -0.2) is 45.3 Å². The number of methoxy groups -OCH3 is 3. The van der Waals surface area contributed by atoms with Gasteiger partial charge in [-0.2, -0.15) is 0 Å². The Morgan fingerprint density at radius 3 is 2.35 bits per heavy atom. The van der Waals surface area contributed by atoms with E-state index in [1.54, 1.807) is 24.3 Å². The highest BCUT2D eigenvalue weighted by atomic mass is 35.5. The Morgan fingerprint density at radius 2 is 1.71 bits per heavy atom. The molecule has 2 aliphatic rings. The number of carbonyl (C=O) groups excluding carboxylic acids is 2. The number of rotatable bonds is 7. The van der Waals surface area contributed by atoms with Crippen LogP contribution >= 0.6 is 11.6 Å². The first-order valence-electron chi connectivity index (χ1n) is 10.8. The molecular weight excluding hydrogens is 464 g/mol. The van der Waals surface area contributed by atoms with E-state index in [0.29, 0.717) is 47.3 Å². The number of hydrogen-bond acceptors (Lipinski definition) is 8. The van der Waals surface area contributed by atoms with Crippen molar-refractivity contribution in [1.82, 2.24) is 0 Å². The molecule has 8 nitrogen and oxygen atoms in total. The third-order valence-corrected chi connectivity index (χ3v) is 6.22. The Morgan fingerprint density at radius 1 is 1.00 bits per heavy atom. The van der Waals surface area contributed by atoms with Crippen LogP contribution in [0.25, 0.3) is 0 Å². The third-order valence-electron chi connectivity index (χ3n) is 5.90. The number of para-hydroxylation sites is 1. The van der Waals surface area contributed by atoms with Crippen LogP contribution in [0.2, 0.25) is 5.02 Å². The van der Waals surface area contributed by atoms with Gasteiger partial charge in [-0.25, -0.2) is 4.79 Å². The minimum absolute atomic E-state index is 0.113. The van der Waals surface area contributed by atoms with E-state index in [9.17, 15) is 9.59 Å². The van der Waals surface area contributed by atoms with E-state index in [1.807, 2.05) is 0 Å². The van der Waals surface area contributed by atoms with Crippen LogP contribution < -0.4 is 18.9 Å².